The molecule has 3 aromatic rings. The fraction of sp³-hybridized carbons (Fsp3) is 0. The summed E-state index contributed by atoms with van der Waals surface area (Å²) in [5, 5.41) is 0. The number of aliphatic imine (C=N–C) groups is 1. The van der Waals surface area contributed by atoms with Crippen molar-refractivity contribution in [2.24, 2.45) is 4.99 Å². The number of hydrogen-bond acceptors (Lipinski definition) is 3. The van der Waals surface area contributed by atoms with Crippen LogP contribution in [0.5, 0.6) is 11.5 Å². The van der Waals surface area contributed by atoms with Gasteiger partial charge in [0.1, 0.15) is 5.75 Å². The number of carbonyl (C=O) groups excluding carboxylic acids is 1. The van der Waals surface area contributed by atoms with Crippen molar-refractivity contribution < 1.29 is 18.7 Å². The van der Waals surface area contributed by atoms with Crippen molar-refractivity contribution >= 4 is 17.9 Å². The highest BCUT2D eigenvalue weighted by molar-refractivity contribution is 6.14. The molecular weight excluding hydrogens is 345 g/mol. The summed E-state index contributed by atoms with van der Waals surface area (Å²) in [4.78, 5) is 16.0. The molecular formula is C22H14FNO3. The summed E-state index contributed by atoms with van der Waals surface area (Å²) in [5.41, 5.74) is 1.27. The zero-order valence-electron chi connectivity index (χ0n) is 14.1. The van der Waals surface area contributed by atoms with Crippen LogP contribution in [0.3, 0.4) is 0 Å². The predicted molar refractivity (Wildman–Crippen MR) is 100.0 cm³/mol. The van der Waals surface area contributed by atoms with Gasteiger partial charge in [-0.15, -0.1) is 0 Å². The van der Waals surface area contributed by atoms with E-state index in [1.165, 1.54) is 24.3 Å². The van der Waals surface area contributed by atoms with Crippen LogP contribution in [0.15, 0.2) is 89.6 Å². The van der Waals surface area contributed by atoms with Crippen LogP contribution in [0.2, 0.25) is 0 Å². The number of rotatable bonds is 4. The molecule has 5 heteroatoms. The largest absolute Gasteiger partial charge is 0.454 e. The highest BCUT2D eigenvalue weighted by Gasteiger charge is 2.24. The summed E-state index contributed by atoms with van der Waals surface area (Å²) in [7, 11) is 0. The second-order valence-corrected chi connectivity index (χ2v) is 5.80. The predicted octanol–water partition coefficient (Wildman–Crippen LogP) is 4.96. The Morgan fingerprint density at radius 2 is 1.63 bits per heavy atom. The highest BCUT2D eigenvalue weighted by atomic mass is 19.1. The molecule has 1 amide bonds. The number of para-hydroxylation sites is 1. The maximum atomic E-state index is 14.1. The minimum Gasteiger partial charge on any atom is -0.454 e. The smallest absolute Gasteiger partial charge is 0.316 e. The number of ether oxygens (including phenoxy) is 2. The molecule has 27 heavy (non-hydrogen) atoms. The number of benzene rings is 3. The number of nitrogens with zero attached hydrogens (tertiary/aromatic N) is 1. The second kappa shape index (κ2) is 7.25. The third-order valence-corrected chi connectivity index (χ3v) is 3.87. The van der Waals surface area contributed by atoms with Crippen LogP contribution in [0.4, 0.5) is 4.39 Å². The lowest BCUT2D eigenvalue weighted by Crippen LogP contribution is -2.00. The third kappa shape index (κ3) is 3.77. The summed E-state index contributed by atoms with van der Waals surface area (Å²) in [6, 6.07) is 22.4. The fourth-order valence-electron chi connectivity index (χ4n) is 2.57. The molecule has 1 aliphatic rings. The molecule has 3 aromatic carbocycles. The minimum absolute atomic E-state index is 0.0604. The van der Waals surface area contributed by atoms with Gasteiger partial charge in [0, 0.05) is 5.56 Å². The lowest BCUT2D eigenvalue weighted by Gasteiger charge is -2.08. The first-order valence-corrected chi connectivity index (χ1v) is 8.29. The number of amides is 1. The molecule has 1 heterocycles. The van der Waals surface area contributed by atoms with Gasteiger partial charge in [-0.3, -0.25) is 4.79 Å². The van der Waals surface area contributed by atoms with Gasteiger partial charge in [0.15, 0.2) is 17.3 Å². The molecule has 0 spiro atoms. The molecule has 0 unspecified atom stereocenters. The lowest BCUT2D eigenvalue weighted by molar-refractivity contribution is -0.115. The molecule has 0 bridgehead atoms. The van der Waals surface area contributed by atoms with E-state index < -0.39 is 11.7 Å². The zero-order valence-corrected chi connectivity index (χ0v) is 14.1. The van der Waals surface area contributed by atoms with Crippen LogP contribution in [0.1, 0.15) is 11.1 Å². The SMILES string of the molecule is O=C1N=C(c2ccccc2)O/C1=C/c1ccc(F)c(Oc2ccccc2)c1. The van der Waals surface area contributed by atoms with Crippen molar-refractivity contribution in [3.05, 3.63) is 102 Å². The molecule has 0 fully saturated rings. The van der Waals surface area contributed by atoms with Crippen molar-refractivity contribution in [3.63, 3.8) is 0 Å². The van der Waals surface area contributed by atoms with E-state index in [9.17, 15) is 9.18 Å². The van der Waals surface area contributed by atoms with E-state index in [0.717, 1.165) is 0 Å². The first-order chi connectivity index (χ1) is 13.2. The van der Waals surface area contributed by atoms with Crippen molar-refractivity contribution in [3.8, 4) is 11.5 Å². The quantitative estimate of drug-likeness (QED) is 0.619. The Labute approximate surface area is 155 Å². The first-order valence-electron chi connectivity index (χ1n) is 8.29. The van der Waals surface area contributed by atoms with Gasteiger partial charge in [-0.2, -0.15) is 4.99 Å². The van der Waals surface area contributed by atoms with Gasteiger partial charge in [0.25, 0.3) is 0 Å². The van der Waals surface area contributed by atoms with E-state index in [1.54, 1.807) is 36.4 Å². The van der Waals surface area contributed by atoms with Crippen LogP contribution >= 0.6 is 0 Å². The third-order valence-electron chi connectivity index (χ3n) is 3.87. The van der Waals surface area contributed by atoms with E-state index in [-0.39, 0.29) is 17.4 Å². The summed E-state index contributed by atoms with van der Waals surface area (Å²) in [6.07, 6.45) is 1.51. The van der Waals surface area contributed by atoms with E-state index in [0.29, 0.717) is 16.9 Å². The average Bonchev–Trinajstić information content (AvgIpc) is 3.06. The number of halogens is 1. The van der Waals surface area contributed by atoms with Crippen molar-refractivity contribution in [2.45, 2.75) is 0 Å². The number of hydrogen-bond donors (Lipinski definition) is 0. The molecule has 4 rings (SSSR count). The highest BCUT2D eigenvalue weighted by Crippen LogP contribution is 2.27. The molecule has 0 aromatic heterocycles. The standard InChI is InChI=1S/C22H14FNO3/c23-18-12-11-15(13-19(18)26-17-9-5-2-6-10-17)14-20-21(25)24-22(27-20)16-7-3-1-4-8-16/h1-14H/b20-14+. The molecule has 0 saturated carbocycles. The van der Waals surface area contributed by atoms with Crippen LogP contribution in [0.25, 0.3) is 6.08 Å². The second-order valence-electron chi connectivity index (χ2n) is 5.80. The Balaban J connectivity index is 1.58. The van der Waals surface area contributed by atoms with Gasteiger partial charge in [-0.25, -0.2) is 4.39 Å². The maximum Gasteiger partial charge on any atom is 0.316 e. The molecule has 0 aliphatic carbocycles. The van der Waals surface area contributed by atoms with E-state index >= 15 is 0 Å². The molecule has 4 nitrogen and oxygen atoms in total. The molecule has 1 aliphatic heterocycles. The van der Waals surface area contributed by atoms with Gasteiger partial charge < -0.3 is 9.47 Å². The summed E-state index contributed by atoms with van der Waals surface area (Å²) >= 11 is 0. The number of carbonyl (C=O) groups is 1. The van der Waals surface area contributed by atoms with E-state index in [2.05, 4.69) is 4.99 Å². The Kier molecular flexibility index (Phi) is 4.49. The molecule has 132 valence electrons. The molecule has 0 saturated heterocycles. The Morgan fingerprint density at radius 3 is 2.37 bits per heavy atom. The van der Waals surface area contributed by atoms with E-state index in [1.807, 2.05) is 24.3 Å². The molecule has 0 atom stereocenters. The Morgan fingerprint density at radius 1 is 0.926 bits per heavy atom. The normalized spacial score (nSPS) is 14.8. The van der Waals surface area contributed by atoms with Crippen molar-refractivity contribution in [1.82, 2.24) is 0 Å². The molecule has 0 N–H and O–H groups in total. The van der Waals surface area contributed by atoms with Crippen LogP contribution in [-0.4, -0.2) is 11.8 Å². The zero-order chi connectivity index (χ0) is 18.6. The molecule has 0 radical (unpaired) electrons. The van der Waals surface area contributed by atoms with Crippen molar-refractivity contribution in [1.29, 1.82) is 0 Å². The van der Waals surface area contributed by atoms with Crippen LogP contribution in [-0.2, 0) is 9.53 Å². The lowest BCUT2D eigenvalue weighted by atomic mass is 10.2. The van der Waals surface area contributed by atoms with E-state index in [4.69, 9.17) is 9.47 Å². The average molecular weight is 359 g/mol. The first kappa shape index (κ1) is 16.7. The monoisotopic (exact) mass is 359 g/mol. The Bertz CT molecular complexity index is 1040. The van der Waals surface area contributed by atoms with Gasteiger partial charge in [-0.05, 0) is 48.0 Å². The minimum atomic E-state index is -0.499. The Hall–Kier alpha value is -3.73. The summed E-state index contributed by atoms with van der Waals surface area (Å²) in [6.45, 7) is 0. The van der Waals surface area contributed by atoms with Crippen molar-refractivity contribution in [2.75, 3.05) is 0 Å². The summed E-state index contributed by atoms with van der Waals surface area (Å²) in [5.74, 6) is -0.0836. The van der Waals surface area contributed by atoms with Crippen LogP contribution < -0.4 is 4.74 Å². The topological polar surface area (TPSA) is 47.9 Å². The van der Waals surface area contributed by atoms with Gasteiger partial charge in [0.2, 0.25) is 5.90 Å². The van der Waals surface area contributed by atoms with Crippen LogP contribution in [0, 0.1) is 5.82 Å². The van der Waals surface area contributed by atoms with Gasteiger partial charge in [-0.1, -0.05) is 42.5 Å². The fourth-order valence-corrected chi connectivity index (χ4v) is 2.57. The van der Waals surface area contributed by atoms with Gasteiger partial charge >= 0.3 is 5.91 Å². The van der Waals surface area contributed by atoms with Gasteiger partial charge in [0.05, 0.1) is 0 Å². The summed E-state index contributed by atoms with van der Waals surface area (Å²) < 4.78 is 25.2. The maximum absolute atomic E-state index is 14.1.